The molecule has 2 nitrogen and oxygen atoms in total. The Kier molecular flexibility index (Phi) is 4.72. The molecule has 1 N–H and O–H groups in total. The van der Waals surface area contributed by atoms with Crippen LogP contribution < -0.4 is 5.32 Å². The first-order valence-electron chi connectivity index (χ1n) is 6.25. The van der Waals surface area contributed by atoms with E-state index in [0.29, 0.717) is 6.04 Å². The zero-order valence-electron chi connectivity index (χ0n) is 10.3. The maximum Gasteiger partial charge on any atom is 0.183 e. The highest BCUT2D eigenvalue weighted by Gasteiger charge is 2.26. The first-order valence-corrected chi connectivity index (χ1v) is 7.83. The van der Waals surface area contributed by atoms with Gasteiger partial charge in [-0.05, 0) is 56.2 Å². The summed E-state index contributed by atoms with van der Waals surface area (Å²) in [5.41, 5.74) is 0. The Morgan fingerprint density at radius 3 is 2.76 bits per heavy atom. The molecule has 0 aromatic carbocycles. The Balaban J connectivity index is 1.89. The molecule has 4 heteroatoms. The second-order valence-corrected chi connectivity index (χ2v) is 6.66. The summed E-state index contributed by atoms with van der Waals surface area (Å²) >= 11 is 6.80. The van der Waals surface area contributed by atoms with Crippen LogP contribution in [-0.2, 0) is 6.54 Å². The van der Waals surface area contributed by atoms with Crippen molar-refractivity contribution in [3.05, 3.63) is 21.0 Å². The van der Waals surface area contributed by atoms with E-state index in [1.807, 2.05) is 6.07 Å². The molecule has 0 radical (unpaired) electrons. The van der Waals surface area contributed by atoms with Crippen molar-refractivity contribution in [1.29, 1.82) is 0 Å². The third-order valence-corrected chi connectivity index (χ3v) is 5.65. The maximum atomic E-state index is 5.57. The van der Waals surface area contributed by atoms with Crippen molar-refractivity contribution in [2.24, 2.45) is 11.8 Å². The highest BCUT2D eigenvalue weighted by molar-refractivity contribution is 9.13. The molecular formula is C13H19Br2NO. The number of hydrogen-bond acceptors (Lipinski definition) is 2. The van der Waals surface area contributed by atoms with E-state index in [2.05, 4.69) is 51.0 Å². The fraction of sp³-hybridized carbons (Fsp3) is 0.692. The fourth-order valence-electron chi connectivity index (χ4n) is 2.58. The van der Waals surface area contributed by atoms with Crippen LogP contribution in [0.2, 0.25) is 0 Å². The molecule has 1 heterocycles. The molecule has 0 bridgehead atoms. The van der Waals surface area contributed by atoms with Gasteiger partial charge in [-0.25, -0.2) is 0 Å². The summed E-state index contributed by atoms with van der Waals surface area (Å²) in [6, 6.07) is 2.65. The summed E-state index contributed by atoms with van der Waals surface area (Å²) in [7, 11) is 0. The molecule has 0 saturated heterocycles. The molecule has 2 rings (SSSR count). The SMILES string of the molecule is CC1CCCC(NCc2cc(Br)c(Br)o2)C1C. The van der Waals surface area contributed by atoms with Crippen LogP contribution in [0.5, 0.6) is 0 Å². The van der Waals surface area contributed by atoms with E-state index in [1.165, 1.54) is 19.3 Å². The Labute approximate surface area is 120 Å². The highest BCUT2D eigenvalue weighted by atomic mass is 79.9. The smallest absolute Gasteiger partial charge is 0.183 e. The Morgan fingerprint density at radius 2 is 2.12 bits per heavy atom. The summed E-state index contributed by atoms with van der Waals surface area (Å²) in [5, 5.41) is 3.62. The normalized spacial score (nSPS) is 29.5. The predicted molar refractivity (Wildman–Crippen MR) is 76.9 cm³/mol. The number of rotatable bonds is 3. The molecule has 1 fully saturated rings. The van der Waals surface area contributed by atoms with Crippen LogP contribution in [0.25, 0.3) is 0 Å². The molecule has 1 saturated carbocycles. The standard InChI is InChI=1S/C13H19Br2NO/c1-8-4-3-5-12(9(8)2)16-7-10-6-11(14)13(15)17-10/h6,8-9,12,16H,3-5,7H2,1-2H3. The molecule has 3 unspecified atom stereocenters. The number of nitrogens with one attached hydrogen (secondary N) is 1. The molecule has 0 amide bonds. The second kappa shape index (κ2) is 5.89. The fourth-order valence-corrected chi connectivity index (χ4v) is 3.24. The van der Waals surface area contributed by atoms with Gasteiger partial charge in [0.1, 0.15) is 5.76 Å². The first kappa shape index (κ1) is 13.6. The zero-order chi connectivity index (χ0) is 12.4. The van der Waals surface area contributed by atoms with E-state index in [4.69, 9.17) is 4.42 Å². The van der Waals surface area contributed by atoms with Crippen molar-refractivity contribution in [3.8, 4) is 0 Å². The van der Waals surface area contributed by atoms with Gasteiger partial charge in [0.25, 0.3) is 0 Å². The van der Waals surface area contributed by atoms with Gasteiger partial charge in [-0.3, -0.25) is 0 Å². The Morgan fingerprint density at radius 1 is 1.35 bits per heavy atom. The summed E-state index contributed by atoms with van der Waals surface area (Å²) in [5.74, 6) is 2.57. The summed E-state index contributed by atoms with van der Waals surface area (Å²) in [4.78, 5) is 0. The van der Waals surface area contributed by atoms with Gasteiger partial charge in [-0.1, -0.05) is 26.7 Å². The molecule has 0 aliphatic heterocycles. The van der Waals surface area contributed by atoms with Crippen molar-refractivity contribution in [2.45, 2.75) is 45.7 Å². The minimum Gasteiger partial charge on any atom is -0.452 e. The number of hydrogen-bond donors (Lipinski definition) is 1. The first-order chi connectivity index (χ1) is 8.08. The van der Waals surface area contributed by atoms with Gasteiger partial charge in [0.05, 0.1) is 11.0 Å². The minimum absolute atomic E-state index is 0.626. The van der Waals surface area contributed by atoms with Gasteiger partial charge in [-0.2, -0.15) is 0 Å². The summed E-state index contributed by atoms with van der Waals surface area (Å²) < 4.78 is 7.34. The lowest BCUT2D eigenvalue weighted by Crippen LogP contribution is -2.40. The van der Waals surface area contributed by atoms with Crippen LogP contribution in [0, 0.1) is 11.8 Å². The van der Waals surface area contributed by atoms with Crippen molar-refractivity contribution >= 4 is 31.9 Å². The van der Waals surface area contributed by atoms with Gasteiger partial charge >= 0.3 is 0 Å². The highest BCUT2D eigenvalue weighted by Crippen LogP contribution is 2.30. The van der Waals surface area contributed by atoms with Crippen LogP contribution in [0.15, 0.2) is 19.6 Å². The quantitative estimate of drug-likeness (QED) is 0.839. The summed E-state index contributed by atoms with van der Waals surface area (Å²) in [6.45, 7) is 5.53. The van der Waals surface area contributed by atoms with E-state index in [-0.39, 0.29) is 0 Å². The van der Waals surface area contributed by atoms with Gasteiger partial charge in [0, 0.05) is 6.04 Å². The Hall–Kier alpha value is 0.200. The van der Waals surface area contributed by atoms with Crippen molar-refractivity contribution < 1.29 is 4.42 Å². The maximum absolute atomic E-state index is 5.57. The number of furan rings is 1. The molecule has 1 aromatic rings. The summed E-state index contributed by atoms with van der Waals surface area (Å²) in [6.07, 6.45) is 4.00. The molecule has 1 aliphatic carbocycles. The van der Waals surface area contributed by atoms with E-state index >= 15 is 0 Å². The van der Waals surface area contributed by atoms with Gasteiger partial charge < -0.3 is 9.73 Å². The second-order valence-electron chi connectivity index (χ2n) is 5.09. The van der Waals surface area contributed by atoms with Gasteiger partial charge in [0.2, 0.25) is 0 Å². The minimum atomic E-state index is 0.626. The average Bonchev–Trinajstić information content (AvgIpc) is 2.61. The van der Waals surface area contributed by atoms with E-state index < -0.39 is 0 Å². The lowest BCUT2D eigenvalue weighted by Gasteiger charge is -2.34. The third-order valence-electron chi connectivity index (χ3n) is 3.94. The van der Waals surface area contributed by atoms with E-state index in [1.54, 1.807) is 0 Å². The van der Waals surface area contributed by atoms with Crippen LogP contribution in [0.4, 0.5) is 0 Å². The molecular weight excluding hydrogens is 346 g/mol. The van der Waals surface area contributed by atoms with Crippen molar-refractivity contribution in [1.82, 2.24) is 5.32 Å². The molecule has 1 aromatic heterocycles. The van der Waals surface area contributed by atoms with Crippen LogP contribution >= 0.6 is 31.9 Å². The molecule has 3 atom stereocenters. The van der Waals surface area contributed by atoms with E-state index in [0.717, 1.165) is 33.3 Å². The molecule has 96 valence electrons. The Bertz CT molecular complexity index is 358. The molecule has 17 heavy (non-hydrogen) atoms. The van der Waals surface area contributed by atoms with Crippen LogP contribution in [-0.4, -0.2) is 6.04 Å². The van der Waals surface area contributed by atoms with E-state index in [9.17, 15) is 0 Å². The largest absolute Gasteiger partial charge is 0.452 e. The van der Waals surface area contributed by atoms with Crippen LogP contribution in [0.1, 0.15) is 38.9 Å². The average molecular weight is 365 g/mol. The van der Waals surface area contributed by atoms with Crippen molar-refractivity contribution in [3.63, 3.8) is 0 Å². The lowest BCUT2D eigenvalue weighted by atomic mass is 9.78. The topological polar surface area (TPSA) is 25.2 Å². The molecule has 0 spiro atoms. The van der Waals surface area contributed by atoms with Crippen molar-refractivity contribution in [2.75, 3.05) is 0 Å². The monoisotopic (exact) mass is 363 g/mol. The lowest BCUT2D eigenvalue weighted by molar-refractivity contribution is 0.202. The third kappa shape index (κ3) is 3.36. The van der Waals surface area contributed by atoms with Crippen LogP contribution in [0.3, 0.4) is 0 Å². The van der Waals surface area contributed by atoms with Gasteiger partial charge in [-0.15, -0.1) is 0 Å². The molecule has 1 aliphatic rings. The predicted octanol–water partition coefficient (Wildman–Crippen LogP) is 4.72. The van der Waals surface area contributed by atoms with Gasteiger partial charge in [0.15, 0.2) is 4.67 Å². The number of halogens is 2. The zero-order valence-corrected chi connectivity index (χ0v) is 13.5.